The van der Waals surface area contributed by atoms with Gasteiger partial charge >= 0.3 is 0 Å². The number of nitrogens with zero attached hydrogens (tertiary/aromatic N) is 1. The Morgan fingerprint density at radius 2 is 2.25 bits per heavy atom. The van der Waals surface area contributed by atoms with E-state index in [4.69, 9.17) is 11.0 Å². The number of hydrogen-bond donors (Lipinski definition) is 3. The van der Waals surface area contributed by atoms with Gasteiger partial charge in [-0.25, -0.2) is 0 Å². The fraction of sp³-hybridized carbons (Fsp3) is 0.100. The van der Waals surface area contributed by atoms with Gasteiger partial charge in [-0.3, -0.25) is 4.79 Å². The van der Waals surface area contributed by atoms with Crippen molar-refractivity contribution < 1.29 is 9.90 Å². The predicted molar refractivity (Wildman–Crippen MR) is 63.2 cm³/mol. The van der Waals surface area contributed by atoms with Crippen molar-refractivity contribution >= 4 is 28.8 Å². The van der Waals surface area contributed by atoms with Crippen LogP contribution < -0.4 is 11.1 Å². The standard InChI is InChI=1S/C10H9N3O2S/c1-5(14)7-2-6(4-11)8(3-9(7)15)13-10(12)16/h2-3,15H,1H3,(H3,12,13,16). The number of nitrogens with two attached hydrogens (primary N) is 1. The lowest BCUT2D eigenvalue weighted by molar-refractivity contribution is 0.101. The molecular weight excluding hydrogens is 226 g/mol. The van der Waals surface area contributed by atoms with Gasteiger partial charge in [-0.15, -0.1) is 0 Å². The molecule has 0 aliphatic heterocycles. The Hall–Kier alpha value is -2.13. The van der Waals surface area contributed by atoms with E-state index in [0.29, 0.717) is 0 Å². The van der Waals surface area contributed by atoms with Crippen molar-refractivity contribution in [2.75, 3.05) is 5.32 Å². The quantitative estimate of drug-likeness (QED) is 0.524. The number of ketones is 1. The summed E-state index contributed by atoms with van der Waals surface area (Å²) in [6.07, 6.45) is 0. The Morgan fingerprint density at radius 1 is 1.62 bits per heavy atom. The Labute approximate surface area is 97.5 Å². The van der Waals surface area contributed by atoms with Crippen LogP contribution in [0.15, 0.2) is 12.1 Å². The normalized spacial score (nSPS) is 9.25. The van der Waals surface area contributed by atoms with Gasteiger partial charge in [0.15, 0.2) is 10.9 Å². The van der Waals surface area contributed by atoms with Crippen LogP contribution in [-0.2, 0) is 0 Å². The van der Waals surface area contributed by atoms with Crippen LogP contribution in [0.2, 0.25) is 0 Å². The van der Waals surface area contributed by atoms with Gasteiger partial charge in [-0.2, -0.15) is 5.26 Å². The number of nitriles is 1. The van der Waals surface area contributed by atoms with Crippen LogP contribution in [0, 0.1) is 11.3 Å². The average molecular weight is 235 g/mol. The number of phenols is 1. The number of nitrogens with one attached hydrogen (secondary N) is 1. The molecule has 4 N–H and O–H groups in total. The van der Waals surface area contributed by atoms with Gasteiger partial charge in [0.1, 0.15) is 11.8 Å². The molecule has 1 aromatic carbocycles. The summed E-state index contributed by atoms with van der Waals surface area (Å²) in [5, 5.41) is 20.9. The van der Waals surface area contributed by atoms with Gasteiger partial charge < -0.3 is 16.2 Å². The van der Waals surface area contributed by atoms with Crippen LogP contribution in [0.4, 0.5) is 5.69 Å². The summed E-state index contributed by atoms with van der Waals surface area (Å²) in [6.45, 7) is 1.30. The summed E-state index contributed by atoms with van der Waals surface area (Å²) >= 11 is 4.62. The molecule has 0 aliphatic carbocycles. The van der Waals surface area contributed by atoms with Gasteiger partial charge in [0.05, 0.1) is 16.8 Å². The third-order valence-electron chi connectivity index (χ3n) is 1.89. The lowest BCUT2D eigenvalue weighted by Crippen LogP contribution is -2.19. The molecule has 6 heteroatoms. The summed E-state index contributed by atoms with van der Waals surface area (Å²) in [6, 6.07) is 4.42. The van der Waals surface area contributed by atoms with Crippen molar-refractivity contribution in [2.24, 2.45) is 5.73 Å². The molecule has 5 nitrogen and oxygen atoms in total. The van der Waals surface area contributed by atoms with Crippen LogP contribution in [0.1, 0.15) is 22.8 Å². The highest BCUT2D eigenvalue weighted by Crippen LogP contribution is 2.26. The number of benzene rings is 1. The molecule has 0 saturated heterocycles. The van der Waals surface area contributed by atoms with Crippen LogP contribution in [0.3, 0.4) is 0 Å². The van der Waals surface area contributed by atoms with Crippen LogP contribution in [0.25, 0.3) is 0 Å². The second-order valence-corrected chi connectivity index (χ2v) is 3.51. The number of carbonyl (C=O) groups is 1. The topological polar surface area (TPSA) is 99.1 Å². The molecule has 16 heavy (non-hydrogen) atoms. The van der Waals surface area contributed by atoms with Gasteiger partial charge in [0, 0.05) is 6.07 Å². The fourth-order valence-electron chi connectivity index (χ4n) is 1.20. The van der Waals surface area contributed by atoms with Gasteiger partial charge in [0.25, 0.3) is 0 Å². The first kappa shape index (κ1) is 11.9. The van der Waals surface area contributed by atoms with Crippen molar-refractivity contribution in [1.29, 1.82) is 5.26 Å². The van der Waals surface area contributed by atoms with Crippen LogP contribution >= 0.6 is 12.2 Å². The molecule has 0 amide bonds. The second-order valence-electron chi connectivity index (χ2n) is 3.07. The fourth-order valence-corrected chi connectivity index (χ4v) is 1.31. The maximum absolute atomic E-state index is 11.1. The SMILES string of the molecule is CC(=O)c1cc(C#N)c(NC(N)=S)cc1O. The number of carbonyl (C=O) groups excluding carboxylic acids is 1. The monoisotopic (exact) mass is 235 g/mol. The summed E-state index contributed by atoms with van der Waals surface area (Å²) in [5.74, 6) is -0.541. The van der Waals surface area contributed by atoms with E-state index in [1.807, 2.05) is 6.07 Å². The summed E-state index contributed by atoms with van der Waals surface area (Å²) in [4.78, 5) is 11.1. The molecule has 1 aromatic rings. The molecule has 82 valence electrons. The van der Waals surface area contributed by atoms with Crippen LogP contribution in [-0.4, -0.2) is 16.0 Å². The van der Waals surface area contributed by atoms with Gasteiger partial charge in [-0.1, -0.05) is 0 Å². The maximum Gasteiger partial charge on any atom is 0.168 e. The highest BCUT2D eigenvalue weighted by atomic mass is 32.1. The zero-order chi connectivity index (χ0) is 12.3. The van der Waals surface area contributed by atoms with E-state index in [1.54, 1.807) is 0 Å². The van der Waals surface area contributed by atoms with Crippen LogP contribution in [0.5, 0.6) is 5.75 Å². The molecule has 0 atom stereocenters. The van der Waals surface area contributed by atoms with Crippen molar-refractivity contribution in [3.05, 3.63) is 23.3 Å². The Morgan fingerprint density at radius 3 is 2.69 bits per heavy atom. The highest BCUT2D eigenvalue weighted by Gasteiger charge is 2.12. The zero-order valence-electron chi connectivity index (χ0n) is 8.44. The minimum atomic E-state index is -0.323. The molecule has 1 rings (SSSR count). The van der Waals surface area contributed by atoms with Gasteiger partial charge in [-0.05, 0) is 25.2 Å². The van der Waals surface area contributed by atoms with E-state index in [1.165, 1.54) is 19.1 Å². The number of aromatic hydroxyl groups is 1. The van der Waals surface area contributed by atoms with E-state index < -0.39 is 0 Å². The molecule has 0 fully saturated rings. The van der Waals surface area contributed by atoms with Crippen molar-refractivity contribution in [3.63, 3.8) is 0 Å². The number of anilines is 1. The van der Waals surface area contributed by atoms with E-state index in [9.17, 15) is 9.90 Å². The molecule has 0 radical (unpaired) electrons. The van der Waals surface area contributed by atoms with Crippen molar-refractivity contribution in [2.45, 2.75) is 6.92 Å². The van der Waals surface area contributed by atoms with E-state index in [-0.39, 0.29) is 33.5 Å². The zero-order valence-corrected chi connectivity index (χ0v) is 9.26. The molecule has 0 aliphatic rings. The molecule has 0 aromatic heterocycles. The molecule has 0 unspecified atom stereocenters. The Bertz CT molecular complexity index is 506. The molecule has 0 heterocycles. The molecule has 0 spiro atoms. The summed E-state index contributed by atoms with van der Waals surface area (Å²) in [5.41, 5.74) is 5.81. The predicted octanol–water partition coefficient (Wildman–Crippen LogP) is 1.12. The maximum atomic E-state index is 11.1. The molecule has 0 bridgehead atoms. The number of rotatable bonds is 2. The highest BCUT2D eigenvalue weighted by molar-refractivity contribution is 7.80. The summed E-state index contributed by atoms with van der Waals surface area (Å²) in [7, 11) is 0. The largest absolute Gasteiger partial charge is 0.507 e. The molecular formula is C10H9N3O2S. The second kappa shape index (κ2) is 4.59. The first-order chi connectivity index (χ1) is 7.45. The van der Waals surface area contributed by atoms with Crippen molar-refractivity contribution in [1.82, 2.24) is 0 Å². The number of phenolic OH excluding ortho intramolecular Hbond substituents is 1. The van der Waals surface area contributed by atoms with Gasteiger partial charge in [0.2, 0.25) is 0 Å². The molecule has 0 saturated carbocycles. The van der Waals surface area contributed by atoms with E-state index >= 15 is 0 Å². The first-order valence-corrected chi connectivity index (χ1v) is 4.71. The number of Topliss-reactive ketones (excluding diaryl/α,β-unsaturated/α-hetero) is 1. The van der Waals surface area contributed by atoms with E-state index in [0.717, 1.165) is 0 Å². The lowest BCUT2D eigenvalue weighted by atomic mass is 10.1. The number of thiocarbonyl (C=S) groups is 1. The Kier molecular flexibility index (Phi) is 3.43. The van der Waals surface area contributed by atoms with Crippen molar-refractivity contribution in [3.8, 4) is 11.8 Å². The minimum Gasteiger partial charge on any atom is -0.507 e. The third kappa shape index (κ3) is 2.46. The average Bonchev–Trinajstić information content (AvgIpc) is 2.16. The first-order valence-electron chi connectivity index (χ1n) is 4.30. The van der Waals surface area contributed by atoms with E-state index in [2.05, 4.69) is 17.5 Å². The lowest BCUT2D eigenvalue weighted by Gasteiger charge is -2.08. The Balaban J connectivity index is 3.33. The summed E-state index contributed by atoms with van der Waals surface area (Å²) < 4.78 is 0. The number of hydrogen-bond acceptors (Lipinski definition) is 4. The third-order valence-corrected chi connectivity index (χ3v) is 2.00. The minimum absolute atomic E-state index is 0.0218. The smallest absolute Gasteiger partial charge is 0.168 e.